The molecule has 6 atom stereocenters. The van der Waals surface area contributed by atoms with Crippen LogP contribution < -0.4 is 9.91 Å². The van der Waals surface area contributed by atoms with E-state index >= 15 is 8.78 Å². The number of phenolic OH excluding ortho intramolecular Hbond substituents is 1. The fraction of sp³-hybridized carbons (Fsp3) is 0.270. The van der Waals surface area contributed by atoms with Crippen LogP contribution in [0.5, 0.6) is 5.75 Å². The lowest BCUT2D eigenvalue weighted by molar-refractivity contribution is -0.141. The molecule has 3 heterocycles. The Hall–Kier alpha value is -5.00. The zero-order valence-corrected chi connectivity index (χ0v) is 30.7. The van der Waals surface area contributed by atoms with Crippen LogP contribution >= 0.6 is 34.8 Å². The fourth-order valence-corrected chi connectivity index (χ4v) is 9.81. The van der Waals surface area contributed by atoms with Gasteiger partial charge in [-0.1, -0.05) is 53.6 Å². The second-order valence-electron chi connectivity index (χ2n) is 13.9. The van der Waals surface area contributed by atoms with E-state index in [1.54, 1.807) is 6.07 Å². The van der Waals surface area contributed by atoms with Crippen molar-refractivity contribution in [3.63, 3.8) is 0 Å². The van der Waals surface area contributed by atoms with Gasteiger partial charge in [0.15, 0.2) is 38.8 Å². The summed E-state index contributed by atoms with van der Waals surface area (Å²) in [6.45, 7) is 0. The third kappa shape index (κ3) is 5.10. The van der Waals surface area contributed by atoms with Crippen molar-refractivity contribution in [2.45, 2.75) is 34.7 Å². The van der Waals surface area contributed by atoms with E-state index in [0.717, 1.165) is 18.1 Å². The highest BCUT2D eigenvalue weighted by atomic mass is 35.5. The molecule has 8 rings (SSSR count). The van der Waals surface area contributed by atoms with E-state index in [4.69, 9.17) is 34.8 Å². The summed E-state index contributed by atoms with van der Waals surface area (Å²) in [4.78, 5) is 55.1. The summed E-state index contributed by atoms with van der Waals surface area (Å²) < 4.78 is 115. The molecule has 1 N–H and O–H groups in total. The number of aromatic hydroxyl groups is 1. The van der Waals surface area contributed by atoms with Crippen LogP contribution in [0.3, 0.4) is 0 Å². The average molecular weight is 860 g/mol. The molecule has 0 radical (unpaired) electrons. The van der Waals surface area contributed by atoms with Crippen molar-refractivity contribution < 1.29 is 59.4 Å². The Kier molecular flexibility index (Phi) is 8.69. The average Bonchev–Trinajstić information content (AvgIpc) is 3.51. The molecule has 4 aliphatic rings. The van der Waals surface area contributed by atoms with Gasteiger partial charge in [-0.3, -0.25) is 24.2 Å². The Balaban J connectivity index is 1.32. The number of anilines is 2. The van der Waals surface area contributed by atoms with Gasteiger partial charge in [0.1, 0.15) is 17.1 Å². The summed E-state index contributed by atoms with van der Waals surface area (Å²) in [5.74, 6) is -24.6. The Morgan fingerprint density at radius 2 is 1.44 bits per heavy atom. The first kappa shape index (κ1) is 38.9. The number of nitrogens with zero attached hydrogens (tertiary/aromatic N) is 4. The van der Waals surface area contributed by atoms with Gasteiger partial charge in [-0.2, -0.15) is 18.2 Å². The number of alkyl halides is 5. The fourth-order valence-electron chi connectivity index (χ4n) is 8.66. The summed E-state index contributed by atoms with van der Waals surface area (Å²) in [7, 11) is 1.07. The van der Waals surface area contributed by atoms with Crippen LogP contribution in [0.25, 0.3) is 10.8 Å². The number of benzene rings is 3. The van der Waals surface area contributed by atoms with Crippen LogP contribution in [0.1, 0.15) is 30.0 Å². The smallest absolute Gasteiger partial charge is 0.433 e. The highest BCUT2D eigenvalue weighted by Crippen LogP contribution is 2.66. The Morgan fingerprint density at radius 3 is 2.07 bits per heavy atom. The number of aromatic nitrogens is 1. The van der Waals surface area contributed by atoms with Gasteiger partial charge in [0.25, 0.3) is 23.6 Å². The first-order valence-corrected chi connectivity index (χ1v) is 17.9. The second-order valence-corrected chi connectivity index (χ2v) is 15.6. The number of hydrogen-bond donors (Lipinski definition) is 1. The molecule has 0 bridgehead atoms. The number of halogens is 11. The van der Waals surface area contributed by atoms with Gasteiger partial charge in [0.05, 0.1) is 16.9 Å². The predicted molar refractivity (Wildman–Crippen MR) is 187 cm³/mol. The van der Waals surface area contributed by atoms with Crippen molar-refractivity contribution in [1.29, 1.82) is 0 Å². The molecule has 57 heavy (non-hydrogen) atoms. The maximum atomic E-state index is 15.4. The first-order valence-electron chi connectivity index (χ1n) is 16.7. The van der Waals surface area contributed by atoms with Crippen molar-refractivity contribution in [2.75, 3.05) is 17.0 Å². The third-order valence-corrected chi connectivity index (χ3v) is 12.9. The topological polar surface area (TPSA) is 111 Å². The van der Waals surface area contributed by atoms with Gasteiger partial charge in [-0.15, -0.1) is 23.2 Å². The number of fused-ring (bicyclic) bond motifs is 5. The molecule has 1 aromatic heterocycles. The number of carbonyl (C=O) groups excluding carboxylic acids is 4. The summed E-state index contributed by atoms with van der Waals surface area (Å²) in [5.41, 5.74) is -3.16. The number of rotatable bonds is 4. The zero-order valence-electron chi connectivity index (χ0n) is 28.4. The van der Waals surface area contributed by atoms with Gasteiger partial charge in [-0.25, -0.2) is 31.8 Å². The molecular weight excluding hydrogens is 839 g/mol. The molecule has 2 aliphatic heterocycles. The standard InChI is InChI=1S/C37H21Cl3F8N4O5/c1-50(30-19(38)9-11-21(49-30)37(46,47)48)52-31(54)17-7-6-16-18(22(17)32(52)55)12-35(39)33(56)51(29-27(44)25(42)24(41)26(43)28(29)45)34(57)36(35,40)23(16)15-8-10-20(53)14-5-3-2-4-13(14)15/h2-6,8-11,17-18,22-23,53H,7,12H2,1H3. The number of pyridine rings is 1. The highest BCUT2D eigenvalue weighted by molar-refractivity contribution is 6.58. The maximum absolute atomic E-state index is 15.4. The number of carbonyl (C=O) groups is 4. The molecule has 6 unspecified atom stereocenters. The molecular formula is C37H21Cl3F8N4O5. The minimum atomic E-state index is -4.94. The lowest BCUT2D eigenvalue weighted by Gasteiger charge is -2.51. The van der Waals surface area contributed by atoms with Crippen LogP contribution in [0.2, 0.25) is 5.02 Å². The molecule has 296 valence electrons. The molecule has 3 fully saturated rings. The molecule has 2 saturated heterocycles. The monoisotopic (exact) mass is 858 g/mol. The Morgan fingerprint density at radius 1 is 0.825 bits per heavy atom. The molecule has 1 saturated carbocycles. The summed E-state index contributed by atoms with van der Waals surface area (Å²) in [6.07, 6.45) is -4.58. The van der Waals surface area contributed by atoms with Crippen LogP contribution in [-0.4, -0.2) is 55.5 Å². The minimum absolute atomic E-state index is 0.0731. The van der Waals surface area contributed by atoms with Gasteiger partial charge in [-0.05, 0) is 47.9 Å². The van der Waals surface area contributed by atoms with Crippen molar-refractivity contribution in [1.82, 2.24) is 9.99 Å². The normalized spacial score (nSPS) is 27.2. The maximum Gasteiger partial charge on any atom is 0.433 e. The van der Waals surface area contributed by atoms with E-state index in [9.17, 15) is 50.6 Å². The SMILES string of the molecule is CN(c1nc(C(F)(F)F)ccc1Cl)N1C(=O)C2CC=C3C(CC4(Cl)C(=O)N(c5c(F)c(F)c(F)c(F)c5F)C(=O)C4(Cl)C3c3ccc(O)c4ccccc34)C2C1=O. The van der Waals surface area contributed by atoms with Crippen LogP contribution in [-0.2, 0) is 25.4 Å². The van der Waals surface area contributed by atoms with E-state index in [2.05, 4.69) is 4.98 Å². The Bertz CT molecular complexity index is 2530. The van der Waals surface area contributed by atoms with Crippen LogP contribution in [0, 0.1) is 46.8 Å². The lowest BCUT2D eigenvalue weighted by atomic mass is 9.56. The van der Waals surface area contributed by atoms with Crippen molar-refractivity contribution in [2.24, 2.45) is 17.8 Å². The predicted octanol–water partition coefficient (Wildman–Crippen LogP) is 7.92. The Labute approximate surface area is 329 Å². The third-order valence-electron chi connectivity index (χ3n) is 11.2. The molecule has 3 aromatic carbocycles. The summed E-state index contributed by atoms with van der Waals surface area (Å²) in [6, 6.07) is 10.0. The van der Waals surface area contributed by atoms with Gasteiger partial charge in [0, 0.05) is 18.4 Å². The number of hydrogen-bond acceptors (Lipinski definition) is 7. The van der Waals surface area contributed by atoms with Gasteiger partial charge in [0.2, 0.25) is 5.82 Å². The van der Waals surface area contributed by atoms with E-state index < -0.39 is 116 Å². The highest BCUT2D eigenvalue weighted by Gasteiger charge is 2.77. The van der Waals surface area contributed by atoms with Crippen molar-refractivity contribution in [3.05, 3.63) is 106 Å². The van der Waals surface area contributed by atoms with Gasteiger partial charge < -0.3 is 5.11 Å². The molecule has 9 nitrogen and oxygen atoms in total. The largest absolute Gasteiger partial charge is 0.507 e. The number of allylic oxidation sites excluding steroid dienone is 2. The molecule has 20 heteroatoms. The van der Waals surface area contributed by atoms with E-state index in [1.165, 1.54) is 36.4 Å². The first-order chi connectivity index (χ1) is 26.7. The van der Waals surface area contributed by atoms with E-state index in [-0.39, 0.29) is 44.0 Å². The van der Waals surface area contributed by atoms with Crippen molar-refractivity contribution >= 4 is 80.7 Å². The van der Waals surface area contributed by atoms with E-state index in [0.29, 0.717) is 11.1 Å². The minimum Gasteiger partial charge on any atom is -0.507 e. The van der Waals surface area contributed by atoms with Crippen LogP contribution in [0.15, 0.2) is 60.2 Å². The second kappa shape index (κ2) is 12.8. The summed E-state index contributed by atoms with van der Waals surface area (Å²) in [5, 5.41) is 12.0. The summed E-state index contributed by atoms with van der Waals surface area (Å²) >= 11 is 20.6. The zero-order chi connectivity index (χ0) is 41.4. The van der Waals surface area contributed by atoms with Crippen molar-refractivity contribution in [3.8, 4) is 5.75 Å². The van der Waals surface area contributed by atoms with E-state index in [1.807, 2.05) is 0 Å². The van der Waals surface area contributed by atoms with Gasteiger partial charge >= 0.3 is 6.18 Å². The number of imide groups is 2. The number of phenols is 1. The molecule has 2 aliphatic carbocycles. The molecule has 4 amide bonds. The quantitative estimate of drug-likeness (QED) is 0.0555. The number of amides is 4. The number of hydrazine groups is 1. The molecule has 0 spiro atoms. The van der Waals surface area contributed by atoms with Crippen LogP contribution in [0.4, 0.5) is 46.6 Å². The lowest BCUT2D eigenvalue weighted by Crippen LogP contribution is -2.60. The molecule has 4 aromatic rings.